The number of aliphatic hydroxyl groups is 1. The van der Waals surface area contributed by atoms with E-state index >= 15 is 0 Å². The van der Waals surface area contributed by atoms with E-state index in [4.69, 9.17) is 9.84 Å². The normalized spacial score (nSPS) is 10.2. The van der Waals surface area contributed by atoms with Crippen LogP contribution in [-0.4, -0.2) is 24.2 Å². The standard InChI is InChI=1S/C18H21NO3/c20-11-12-22-17-8-4-7-16(13-17)14-19-18(21)10-9-15-5-2-1-3-6-15/h1-8,13,20H,9-12,14H2,(H,19,21). The third-order valence-electron chi connectivity index (χ3n) is 3.23. The van der Waals surface area contributed by atoms with Crippen molar-refractivity contribution in [1.29, 1.82) is 0 Å². The molecule has 2 N–H and O–H groups in total. The molecule has 0 aliphatic carbocycles. The van der Waals surface area contributed by atoms with Crippen LogP contribution in [0.1, 0.15) is 17.5 Å². The van der Waals surface area contributed by atoms with Gasteiger partial charge in [-0.2, -0.15) is 0 Å². The van der Waals surface area contributed by atoms with Crippen LogP contribution in [0.25, 0.3) is 0 Å². The molecule has 4 heteroatoms. The second-order valence-electron chi connectivity index (χ2n) is 4.98. The third-order valence-corrected chi connectivity index (χ3v) is 3.23. The molecule has 0 fully saturated rings. The lowest BCUT2D eigenvalue weighted by Crippen LogP contribution is -2.23. The molecule has 2 rings (SSSR count). The molecule has 22 heavy (non-hydrogen) atoms. The van der Waals surface area contributed by atoms with Crippen LogP contribution in [0.2, 0.25) is 0 Å². The molecule has 0 unspecified atom stereocenters. The van der Waals surface area contributed by atoms with Gasteiger partial charge in [0.25, 0.3) is 0 Å². The highest BCUT2D eigenvalue weighted by Gasteiger charge is 2.03. The van der Waals surface area contributed by atoms with Crippen LogP contribution in [0, 0.1) is 0 Å². The van der Waals surface area contributed by atoms with Crippen molar-refractivity contribution in [3.8, 4) is 5.75 Å². The summed E-state index contributed by atoms with van der Waals surface area (Å²) in [6, 6.07) is 17.5. The fourth-order valence-electron chi connectivity index (χ4n) is 2.10. The fraction of sp³-hybridized carbons (Fsp3) is 0.278. The summed E-state index contributed by atoms with van der Waals surface area (Å²) >= 11 is 0. The quantitative estimate of drug-likeness (QED) is 0.786. The zero-order valence-electron chi connectivity index (χ0n) is 12.5. The summed E-state index contributed by atoms with van der Waals surface area (Å²) in [6.07, 6.45) is 1.22. The van der Waals surface area contributed by atoms with Crippen molar-refractivity contribution in [2.24, 2.45) is 0 Å². The monoisotopic (exact) mass is 299 g/mol. The summed E-state index contributed by atoms with van der Waals surface area (Å²) < 4.78 is 5.35. The second-order valence-corrected chi connectivity index (χ2v) is 4.98. The number of aryl methyl sites for hydroxylation is 1. The van der Waals surface area contributed by atoms with Crippen LogP contribution < -0.4 is 10.1 Å². The summed E-state index contributed by atoms with van der Waals surface area (Å²) in [5.41, 5.74) is 2.14. The van der Waals surface area contributed by atoms with Crippen molar-refractivity contribution >= 4 is 5.91 Å². The van der Waals surface area contributed by atoms with Crippen LogP contribution in [0.4, 0.5) is 0 Å². The van der Waals surface area contributed by atoms with Crippen molar-refractivity contribution in [2.45, 2.75) is 19.4 Å². The number of carbonyl (C=O) groups is 1. The molecule has 0 atom stereocenters. The Morgan fingerprint density at radius 1 is 1.05 bits per heavy atom. The van der Waals surface area contributed by atoms with Crippen molar-refractivity contribution in [3.63, 3.8) is 0 Å². The zero-order valence-corrected chi connectivity index (χ0v) is 12.5. The molecule has 0 saturated carbocycles. The number of aliphatic hydroxyl groups excluding tert-OH is 1. The lowest BCUT2D eigenvalue weighted by molar-refractivity contribution is -0.121. The van der Waals surface area contributed by atoms with Crippen molar-refractivity contribution in [2.75, 3.05) is 13.2 Å². The van der Waals surface area contributed by atoms with Crippen LogP contribution in [0.5, 0.6) is 5.75 Å². The summed E-state index contributed by atoms with van der Waals surface area (Å²) in [5.74, 6) is 0.732. The van der Waals surface area contributed by atoms with Gasteiger partial charge in [0.1, 0.15) is 12.4 Å². The van der Waals surface area contributed by atoms with Gasteiger partial charge in [0.05, 0.1) is 6.61 Å². The van der Waals surface area contributed by atoms with E-state index < -0.39 is 0 Å². The number of benzene rings is 2. The van der Waals surface area contributed by atoms with Gasteiger partial charge in [-0.1, -0.05) is 42.5 Å². The topological polar surface area (TPSA) is 58.6 Å². The van der Waals surface area contributed by atoms with E-state index in [0.29, 0.717) is 18.7 Å². The molecule has 2 aromatic rings. The first-order chi connectivity index (χ1) is 10.8. The molecule has 116 valence electrons. The number of carbonyl (C=O) groups excluding carboxylic acids is 1. The Balaban J connectivity index is 1.76. The maximum Gasteiger partial charge on any atom is 0.220 e. The van der Waals surface area contributed by atoms with Crippen LogP contribution in [-0.2, 0) is 17.8 Å². The molecule has 0 spiro atoms. The average Bonchev–Trinajstić information content (AvgIpc) is 2.57. The minimum Gasteiger partial charge on any atom is -0.491 e. The Morgan fingerprint density at radius 3 is 2.59 bits per heavy atom. The van der Waals surface area contributed by atoms with Gasteiger partial charge in [0.15, 0.2) is 0 Å². The lowest BCUT2D eigenvalue weighted by atomic mass is 10.1. The summed E-state index contributed by atoms with van der Waals surface area (Å²) in [7, 11) is 0. The Hall–Kier alpha value is -2.33. The minimum absolute atomic E-state index is 0.0134. The highest BCUT2D eigenvalue weighted by atomic mass is 16.5. The van der Waals surface area contributed by atoms with Crippen molar-refractivity contribution in [1.82, 2.24) is 5.32 Å². The van der Waals surface area contributed by atoms with E-state index in [1.165, 1.54) is 0 Å². The number of hydrogen-bond donors (Lipinski definition) is 2. The first kappa shape index (κ1) is 16.0. The smallest absolute Gasteiger partial charge is 0.220 e. The predicted molar refractivity (Wildman–Crippen MR) is 85.6 cm³/mol. The Morgan fingerprint density at radius 2 is 1.82 bits per heavy atom. The molecule has 0 bridgehead atoms. The van der Waals surface area contributed by atoms with E-state index in [1.54, 1.807) is 0 Å². The lowest BCUT2D eigenvalue weighted by Gasteiger charge is -2.08. The highest BCUT2D eigenvalue weighted by Crippen LogP contribution is 2.13. The minimum atomic E-state index is -0.0134. The second kappa shape index (κ2) is 8.85. The SMILES string of the molecule is O=C(CCc1ccccc1)NCc1cccc(OCCO)c1. The van der Waals surface area contributed by atoms with Crippen molar-refractivity contribution < 1.29 is 14.6 Å². The van der Waals surface area contributed by atoms with Gasteiger partial charge in [-0.05, 0) is 29.7 Å². The molecule has 0 radical (unpaired) electrons. The Kier molecular flexibility index (Phi) is 6.45. The number of rotatable bonds is 8. The predicted octanol–water partition coefficient (Wildman–Crippen LogP) is 2.31. The van der Waals surface area contributed by atoms with E-state index in [0.717, 1.165) is 17.5 Å². The molecule has 4 nitrogen and oxygen atoms in total. The molecule has 0 aromatic heterocycles. The van der Waals surface area contributed by atoms with Gasteiger partial charge in [0.2, 0.25) is 5.91 Å². The first-order valence-electron chi connectivity index (χ1n) is 7.41. The van der Waals surface area contributed by atoms with Gasteiger partial charge in [-0.25, -0.2) is 0 Å². The Labute approximate surface area is 130 Å². The first-order valence-corrected chi connectivity index (χ1v) is 7.41. The van der Waals surface area contributed by atoms with Crippen LogP contribution in [0.3, 0.4) is 0 Å². The van der Waals surface area contributed by atoms with E-state index in [-0.39, 0.29) is 19.1 Å². The summed E-state index contributed by atoms with van der Waals surface area (Å²) in [4.78, 5) is 11.9. The molecular weight excluding hydrogens is 278 g/mol. The molecule has 0 saturated heterocycles. The van der Waals surface area contributed by atoms with E-state index in [2.05, 4.69) is 5.32 Å². The van der Waals surface area contributed by atoms with Crippen molar-refractivity contribution in [3.05, 3.63) is 65.7 Å². The van der Waals surface area contributed by atoms with Gasteiger partial charge in [0, 0.05) is 13.0 Å². The largest absolute Gasteiger partial charge is 0.491 e. The summed E-state index contributed by atoms with van der Waals surface area (Å²) in [6.45, 7) is 0.733. The molecule has 0 aliphatic rings. The maximum absolute atomic E-state index is 11.9. The van der Waals surface area contributed by atoms with E-state index in [9.17, 15) is 4.79 Å². The maximum atomic E-state index is 11.9. The molecule has 0 aliphatic heterocycles. The van der Waals surface area contributed by atoms with Gasteiger partial charge in [-0.3, -0.25) is 4.79 Å². The average molecular weight is 299 g/mol. The Bertz CT molecular complexity index is 584. The number of hydrogen-bond acceptors (Lipinski definition) is 3. The number of nitrogens with one attached hydrogen (secondary N) is 1. The fourth-order valence-corrected chi connectivity index (χ4v) is 2.10. The van der Waals surface area contributed by atoms with Gasteiger partial charge >= 0.3 is 0 Å². The molecular formula is C18H21NO3. The van der Waals surface area contributed by atoms with Crippen LogP contribution >= 0.6 is 0 Å². The summed E-state index contributed by atoms with van der Waals surface area (Å²) in [5, 5.41) is 11.7. The zero-order chi connectivity index (χ0) is 15.6. The molecule has 0 heterocycles. The van der Waals surface area contributed by atoms with Gasteiger partial charge < -0.3 is 15.2 Å². The van der Waals surface area contributed by atoms with Gasteiger partial charge in [-0.15, -0.1) is 0 Å². The third kappa shape index (κ3) is 5.58. The molecule has 1 amide bonds. The number of ether oxygens (including phenoxy) is 1. The number of amides is 1. The van der Waals surface area contributed by atoms with Crippen LogP contribution in [0.15, 0.2) is 54.6 Å². The molecule has 2 aromatic carbocycles. The highest BCUT2D eigenvalue weighted by molar-refractivity contribution is 5.76. The van der Waals surface area contributed by atoms with E-state index in [1.807, 2.05) is 54.6 Å².